The van der Waals surface area contributed by atoms with Gasteiger partial charge in [0.2, 0.25) is 0 Å². The largest absolute Gasteiger partial charge is 0.465 e. The molecule has 5 fully saturated rings. The number of ether oxygens (including phenoxy) is 3. The molecule has 0 bridgehead atoms. The van der Waals surface area contributed by atoms with E-state index >= 15 is 0 Å². The number of carbonyl (C=O) groups is 2. The van der Waals surface area contributed by atoms with Crippen LogP contribution in [0.3, 0.4) is 0 Å². The van der Waals surface area contributed by atoms with Crippen molar-refractivity contribution in [3.05, 3.63) is 35.9 Å². The van der Waals surface area contributed by atoms with Crippen LogP contribution in [0.5, 0.6) is 0 Å². The summed E-state index contributed by atoms with van der Waals surface area (Å²) >= 11 is 0. The third kappa shape index (κ3) is 4.43. The molecule has 0 radical (unpaired) electrons. The molecule has 0 aliphatic heterocycles. The lowest BCUT2D eigenvalue weighted by molar-refractivity contribution is -0.191. The molecule has 1 N–H and O–H groups in total. The Morgan fingerprint density at radius 3 is 2.12 bits per heavy atom. The third-order valence-corrected chi connectivity index (χ3v) is 12.3. The van der Waals surface area contributed by atoms with Crippen molar-refractivity contribution in [1.29, 1.82) is 0 Å². The Morgan fingerprint density at radius 1 is 0.850 bits per heavy atom. The summed E-state index contributed by atoms with van der Waals surface area (Å²) < 4.78 is 17.6. The summed E-state index contributed by atoms with van der Waals surface area (Å²) in [6.07, 6.45) is 9.58. The molecule has 5 aliphatic rings. The summed E-state index contributed by atoms with van der Waals surface area (Å²) in [4.78, 5) is 27.9. The first-order valence-electron chi connectivity index (χ1n) is 16.0. The monoisotopic (exact) mass is 552 g/mol. The molecule has 1 aromatic carbocycles. The molecular weight excluding hydrogens is 504 g/mol. The van der Waals surface area contributed by atoms with Gasteiger partial charge in [0.1, 0.15) is 0 Å². The standard InChI is InChI=1S/C34H48O6/c1-4-39-30(35)34(31(36)40-5-2,21-38-20-22-9-7-6-8-10-22)29-14-13-27-25-11-12-26-24(16-18-33(37)19-28(26)33)23(25)15-17-32(27,29)3/h6-10,23-29,37H,4-5,11-21H2,1-3H3/t23-,24-,25-,26+,27+,28?,29+,32+,33+/m1/s1. The van der Waals surface area contributed by atoms with Gasteiger partial charge in [-0.25, -0.2) is 0 Å². The molecule has 40 heavy (non-hydrogen) atoms. The smallest absolute Gasteiger partial charge is 0.326 e. The van der Waals surface area contributed by atoms with Gasteiger partial charge in [-0.05, 0) is 124 Å². The number of esters is 2. The maximum Gasteiger partial charge on any atom is 0.326 e. The molecule has 9 atom stereocenters. The summed E-state index contributed by atoms with van der Waals surface area (Å²) in [5, 5.41) is 10.8. The maximum absolute atomic E-state index is 13.9. The first-order chi connectivity index (χ1) is 19.3. The first kappa shape index (κ1) is 28.2. The summed E-state index contributed by atoms with van der Waals surface area (Å²) in [5.41, 5.74) is -0.969. The van der Waals surface area contributed by atoms with Crippen molar-refractivity contribution < 1.29 is 28.9 Å². The van der Waals surface area contributed by atoms with E-state index in [1.807, 2.05) is 30.3 Å². The highest BCUT2D eigenvalue weighted by atomic mass is 16.6. The van der Waals surface area contributed by atoms with Crippen LogP contribution in [-0.4, -0.2) is 42.5 Å². The first-order valence-corrected chi connectivity index (χ1v) is 16.0. The minimum absolute atomic E-state index is 0.0222. The van der Waals surface area contributed by atoms with Gasteiger partial charge in [0, 0.05) is 0 Å². The van der Waals surface area contributed by atoms with Crippen LogP contribution in [-0.2, 0) is 30.4 Å². The minimum Gasteiger partial charge on any atom is -0.465 e. The summed E-state index contributed by atoms with van der Waals surface area (Å²) in [6, 6.07) is 9.89. The Morgan fingerprint density at radius 2 is 1.48 bits per heavy atom. The Labute approximate surface area is 239 Å². The number of hydrogen-bond donors (Lipinski definition) is 1. The van der Waals surface area contributed by atoms with Crippen LogP contribution in [0.2, 0.25) is 0 Å². The van der Waals surface area contributed by atoms with Gasteiger partial charge < -0.3 is 19.3 Å². The van der Waals surface area contributed by atoms with E-state index in [9.17, 15) is 14.7 Å². The molecular formula is C34H48O6. The van der Waals surface area contributed by atoms with Crippen LogP contribution < -0.4 is 0 Å². The summed E-state index contributed by atoms with van der Waals surface area (Å²) in [6.45, 7) is 6.68. The van der Waals surface area contributed by atoms with Crippen molar-refractivity contribution in [2.45, 2.75) is 90.8 Å². The van der Waals surface area contributed by atoms with E-state index in [1.54, 1.807) is 13.8 Å². The molecule has 6 rings (SSSR count). The number of carbonyl (C=O) groups excluding carboxylic acids is 2. The van der Waals surface area contributed by atoms with E-state index in [0.717, 1.165) is 56.4 Å². The fourth-order valence-electron chi connectivity index (χ4n) is 10.5. The minimum atomic E-state index is -1.47. The molecule has 0 saturated heterocycles. The van der Waals surface area contributed by atoms with Crippen LogP contribution >= 0.6 is 0 Å². The fraction of sp³-hybridized carbons (Fsp3) is 0.765. The Balaban J connectivity index is 1.28. The van der Waals surface area contributed by atoms with Gasteiger partial charge in [-0.3, -0.25) is 9.59 Å². The van der Waals surface area contributed by atoms with Gasteiger partial charge in [-0.2, -0.15) is 0 Å². The maximum atomic E-state index is 13.9. The van der Waals surface area contributed by atoms with Crippen LogP contribution in [0.25, 0.3) is 0 Å². The number of hydrogen-bond acceptors (Lipinski definition) is 6. The lowest BCUT2D eigenvalue weighted by Crippen LogP contribution is -2.57. The molecule has 0 aromatic heterocycles. The van der Waals surface area contributed by atoms with E-state index in [1.165, 1.54) is 12.8 Å². The van der Waals surface area contributed by atoms with Gasteiger partial charge >= 0.3 is 11.9 Å². The molecule has 6 nitrogen and oxygen atoms in total. The van der Waals surface area contributed by atoms with Crippen molar-refractivity contribution in [3.63, 3.8) is 0 Å². The molecule has 5 aliphatic carbocycles. The summed E-state index contributed by atoms with van der Waals surface area (Å²) in [7, 11) is 0. The predicted molar refractivity (Wildman–Crippen MR) is 151 cm³/mol. The van der Waals surface area contributed by atoms with Gasteiger partial charge in [-0.15, -0.1) is 0 Å². The van der Waals surface area contributed by atoms with Crippen LogP contribution in [0.1, 0.15) is 84.1 Å². The molecule has 0 heterocycles. The van der Waals surface area contributed by atoms with Gasteiger partial charge in [-0.1, -0.05) is 37.3 Å². The molecule has 1 aromatic rings. The average molecular weight is 553 g/mol. The number of benzene rings is 1. The Bertz CT molecular complexity index is 1070. The van der Waals surface area contributed by atoms with Crippen molar-refractivity contribution in [2.75, 3.05) is 19.8 Å². The zero-order valence-corrected chi connectivity index (χ0v) is 24.6. The van der Waals surface area contributed by atoms with Crippen LogP contribution in [0.15, 0.2) is 30.3 Å². The zero-order chi connectivity index (χ0) is 28.1. The number of rotatable bonds is 9. The van der Waals surface area contributed by atoms with Gasteiger partial charge in [0.25, 0.3) is 0 Å². The predicted octanol–water partition coefficient (Wildman–Crippen LogP) is 5.95. The molecule has 5 saturated carbocycles. The second kappa shape index (κ2) is 10.7. The SMILES string of the molecule is CCOC(=O)C(COCc1ccccc1)(C(=O)OCC)[C@H]1CC[C@H]2[C@@H]3CC[C@@H]4C5C[C@@]5(O)CC[C@@H]4[C@H]3CC[C@]12C. The second-order valence-electron chi connectivity index (χ2n) is 13.9. The molecule has 0 spiro atoms. The highest BCUT2D eigenvalue weighted by molar-refractivity contribution is 6.01. The van der Waals surface area contributed by atoms with Crippen LogP contribution in [0.4, 0.5) is 0 Å². The number of aliphatic hydroxyl groups is 1. The zero-order valence-electron chi connectivity index (χ0n) is 24.6. The number of fused-ring (bicyclic) bond motifs is 7. The molecule has 0 amide bonds. The Hall–Kier alpha value is -1.92. The van der Waals surface area contributed by atoms with E-state index in [0.29, 0.717) is 36.2 Å². The lowest BCUT2D eigenvalue weighted by atomic mass is 9.48. The van der Waals surface area contributed by atoms with Crippen molar-refractivity contribution in [2.24, 2.45) is 52.3 Å². The van der Waals surface area contributed by atoms with Crippen LogP contribution in [0, 0.1) is 52.3 Å². The van der Waals surface area contributed by atoms with Gasteiger partial charge in [0.15, 0.2) is 5.41 Å². The fourth-order valence-corrected chi connectivity index (χ4v) is 10.5. The van der Waals surface area contributed by atoms with Crippen molar-refractivity contribution in [3.8, 4) is 0 Å². The Kier molecular flexibility index (Phi) is 7.57. The van der Waals surface area contributed by atoms with Crippen molar-refractivity contribution >= 4 is 11.9 Å². The highest BCUT2D eigenvalue weighted by Gasteiger charge is 2.69. The normalized spacial score (nSPS) is 39.8. The third-order valence-electron chi connectivity index (χ3n) is 12.3. The lowest BCUT2D eigenvalue weighted by Gasteiger charge is -2.57. The van der Waals surface area contributed by atoms with E-state index in [2.05, 4.69) is 6.92 Å². The molecule has 6 heteroatoms. The quantitative estimate of drug-likeness (QED) is 0.301. The van der Waals surface area contributed by atoms with Crippen molar-refractivity contribution in [1.82, 2.24) is 0 Å². The van der Waals surface area contributed by atoms with E-state index in [-0.39, 0.29) is 36.8 Å². The topological polar surface area (TPSA) is 82.1 Å². The van der Waals surface area contributed by atoms with Gasteiger partial charge in [0.05, 0.1) is 32.0 Å². The second-order valence-corrected chi connectivity index (χ2v) is 13.9. The van der Waals surface area contributed by atoms with E-state index in [4.69, 9.17) is 14.2 Å². The molecule has 1 unspecified atom stereocenters. The average Bonchev–Trinajstić information content (AvgIpc) is 3.53. The molecule has 220 valence electrons. The summed E-state index contributed by atoms with van der Waals surface area (Å²) in [5.74, 6) is 2.59. The highest BCUT2D eigenvalue weighted by Crippen LogP contribution is 2.70. The van der Waals surface area contributed by atoms with E-state index < -0.39 is 17.4 Å².